The fraction of sp³-hybridized carbons (Fsp3) is 0.300. The normalized spacial score (nSPS) is 23.5. The van der Waals surface area contributed by atoms with Gasteiger partial charge in [0.2, 0.25) is 0 Å². The molecule has 0 bridgehead atoms. The average molecular weight is 336 g/mol. The van der Waals surface area contributed by atoms with Gasteiger partial charge >= 0.3 is 0 Å². The third-order valence-electron chi connectivity index (χ3n) is 5.11. The number of fused-ring (bicyclic) bond motifs is 3. The van der Waals surface area contributed by atoms with Crippen molar-refractivity contribution in [2.24, 2.45) is 5.92 Å². The zero-order valence-corrected chi connectivity index (χ0v) is 14.0. The Labute approximate surface area is 146 Å². The number of non-ortho nitro benzene ring substituents is 1. The van der Waals surface area contributed by atoms with E-state index in [9.17, 15) is 10.1 Å². The van der Waals surface area contributed by atoms with Crippen molar-refractivity contribution in [3.05, 3.63) is 75.9 Å². The van der Waals surface area contributed by atoms with E-state index in [1.165, 1.54) is 5.56 Å². The monoisotopic (exact) mass is 336 g/mol. The predicted octanol–water partition coefficient (Wildman–Crippen LogP) is 4.82. The number of benzene rings is 2. The molecule has 1 heterocycles. The molecule has 0 amide bonds. The Morgan fingerprint density at radius 1 is 1.24 bits per heavy atom. The molecule has 3 unspecified atom stereocenters. The summed E-state index contributed by atoms with van der Waals surface area (Å²) in [5, 5.41) is 14.5. The zero-order chi connectivity index (χ0) is 17.4. The van der Waals surface area contributed by atoms with E-state index >= 15 is 0 Å². The Kier molecular flexibility index (Phi) is 3.92. The summed E-state index contributed by atoms with van der Waals surface area (Å²) in [6, 6.07) is 13.2. The summed E-state index contributed by atoms with van der Waals surface area (Å²) in [7, 11) is 0. The van der Waals surface area contributed by atoms with Crippen LogP contribution in [0.15, 0.2) is 54.6 Å². The Hall–Kier alpha value is -2.82. The largest absolute Gasteiger partial charge is 0.494 e. The fourth-order valence-electron chi connectivity index (χ4n) is 3.96. The molecule has 4 rings (SSSR count). The first kappa shape index (κ1) is 15.7. The Morgan fingerprint density at radius 3 is 2.76 bits per heavy atom. The molecule has 0 aromatic heterocycles. The number of hydrogen-bond donors (Lipinski definition) is 1. The summed E-state index contributed by atoms with van der Waals surface area (Å²) in [6.45, 7) is 2.64. The van der Waals surface area contributed by atoms with Crippen molar-refractivity contribution in [1.29, 1.82) is 0 Å². The molecule has 3 atom stereocenters. The Bertz CT molecular complexity index is 829. The summed E-state index contributed by atoms with van der Waals surface area (Å²) in [5.41, 5.74) is 3.59. The summed E-state index contributed by atoms with van der Waals surface area (Å²) in [4.78, 5) is 10.5. The quantitative estimate of drug-likeness (QED) is 0.494. The van der Waals surface area contributed by atoms with E-state index in [4.69, 9.17) is 4.74 Å². The van der Waals surface area contributed by atoms with Crippen LogP contribution in [0.1, 0.15) is 36.4 Å². The van der Waals surface area contributed by atoms with Crippen LogP contribution in [0.2, 0.25) is 0 Å². The number of nitrogens with zero attached hydrogens (tertiary/aromatic N) is 1. The second kappa shape index (κ2) is 6.24. The van der Waals surface area contributed by atoms with Gasteiger partial charge in [0.25, 0.3) is 5.69 Å². The van der Waals surface area contributed by atoms with Crippen molar-refractivity contribution >= 4 is 11.4 Å². The van der Waals surface area contributed by atoms with Crippen LogP contribution in [0, 0.1) is 16.0 Å². The van der Waals surface area contributed by atoms with Crippen molar-refractivity contribution in [3.8, 4) is 5.75 Å². The van der Waals surface area contributed by atoms with Gasteiger partial charge in [0.05, 0.1) is 17.6 Å². The first-order chi connectivity index (χ1) is 12.2. The molecule has 2 aromatic rings. The molecule has 5 nitrogen and oxygen atoms in total. The van der Waals surface area contributed by atoms with Gasteiger partial charge in [-0.15, -0.1) is 0 Å². The molecule has 2 aromatic carbocycles. The molecule has 1 aliphatic heterocycles. The molecule has 0 saturated carbocycles. The third-order valence-corrected chi connectivity index (χ3v) is 5.11. The Balaban J connectivity index is 1.69. The molecule has 2 aliphatic rings. The highest BCUT2D eigenvalue weighted by Gasteiger charge is 2.38. The molecule has 0 saturated heterocycles. The first-order valence-corrected chi connectivity index (χ1v) is 8.61. The van der Waals surface area contributed by atoms with Crippen LogP contribution < -0.4 is 10.1 Å². The molecule has 25 heavy (non-hydrogen) atoms. The minimum atomic E-state index is -0.359. The molecular weight excluding hydrogens is 316 g/mol. The average Bonchev–Trinajstić information content (AvgIpc) is 3.11. The summed E-state index contributed by atoms with van der Waals surface area (Å²) < 4.78 is 5.65. The van der Waals surface area contributed by atoms with E-state index in [1.807, 2.05) is 25.1 Å². The smallest absolute Gasteiger partial charge is 0.269 e. The van der Waals surface area contributed by atoms with Crippen LogP contribution in [0.3, 0.4) is 0 Å². The molecule has 0 radical (unpaired) electrons. The SMILES string of the molecule is CCOc1ccc2c(c1)C1C=CCC1C(c1ccc([N+](=O)[O-])cc1)N2. The van der Waals surface area contributed by atoms with Gasteiger partial charge in [-0.2, -0.15) is 0 Å². The van der Waals surface area contributed by atoms with Gasteiger partial charge in [-0.3, -0.25) is 10.1 Å². The van der Waals surface area contributed by atoms with Crippen LogP contribution >= 0.6 is 0 Å². The lowest BCUT2D eigenvalue weighted by Gasteiger charge is -2.37. The number of anilines is 1. The summed E-state index contributed by atoms with van der Waals surface area (Å²) in [6.07, 6.45) is 5.51. The van der Waals surface area contributed by atoms with Crippen LogP contribution in [-0.2, 0) is 0 Å². The second-order valence-electron chi connectivity index (χ2n) is 6.51. The lowest BCUT2D eigenvalue weighted by Crippen LogP contribution is -2.29. The second-order valence-corrected chi connectivity index (χ2v) is 6.51. The molecular formula is C20H20N2O3. The maximum Gasteiger partial charge on any atom is 0.269 e. The van der Waals surface area contributed by atoms with Crippen molar-refractivity contribution in [1.82, 2.24) is 0 Å². The molecule has 1 aliphatic carbocycles. The standard InChI is InChI=1S/C20H20N2O3/c1-2-25-15-10-11-19-18(12-15)16-4-3-5-17(16)20(21-19)13-6-8-14(9-7-13)22(23)24/h3-4,6-12,16-17,20-21H,2,5H2,1H3. The van der Waals surface area contributed by atoms with Crippen LogP contribution in [0.4, 0.5) is 11.4 Å². The van der Waals surface area contributed by atoms with Gasteiger partial charge in [-0.1, -0.05) is 24.3 Å². The number of allylic oxidation sites excluding steroid dienone is 2. The molecule has 0 spiro atoms. The van der Waals surface area contributed by atoms with Crippen molar-refractivity contribution in [2.45, 2.75) is 25.3 Å². The topological polar surface area (TPSA) is 64.4 Å². The van der Waals surface area contributed by atoms with Crippen LogP contribution in [0.5, 0.6) is 5.75 Å². The number of nitrogens with one attached hydrogen (secondary N) is 1. The van der Waals surface area contributed by atoms with E-state index < -0.39 is 0 Å². The number of nitro groups is 1. The summed E-state index contributed by atoms with van der Waals surface area (Å²) >= 11 is 0. The lowest BCUT2D eigenvalue weighted by molar-refractivity contribution is -0.384. The lowest BCUT2D eigenvalue weighted by atomic mass is 9.77. The van der Waals surface area contributed by atoms with E-state index in [0.29, 0.717) is 18.4 Å². The predicted molar refractivity (Wildman–Crippen MR) is 97.1 cm³/mol. The molecule has 128 valence electrons. The van der Waals surface area contributed by atoms with E-state index in [-0.39, 0.29) is 16.7 Å². The van der Waals surface area contributed by atoms with Crippen molar-refractivity contribution in [2.75, 3.05) is 11.9 Å². The zero-order valence-electron chi connectivity index (χ0n) is 14.0. The molecule has 1 N–H and O–H groups in total. The number of hydrogen-bond acceptors (Lipinski definition) is 4. The summed E-state index contributed by atoms with van der Waals surface area (Å²) in [5.74, 6) is 1.65. The van der Waals surface area contributed by atoms with Crippen LogP contribution in [0.25, 0.3) is 0 Å². The fourth-order valence-corrected chi connectivity index (χ4v) is 3.96. The maximum atomic E-state index is 10.9. The number of ether oxygens (including phenoxy) is 1. The van der Waals surface area contributed by atoms with E-state index in [0.717, 1.165) is 23.4 Å². The van der Waals surface area contributed by atoms with Crippen LogP contribution in [-0.4, -0.2) is 11.5 Å². The van der Waals surface area contributed by atoms with Gasteiger partial charge in [-0.25, -0.2) is 0 Å². The van der Waals surface area contributed by atoms with Gasteiger partial charge in [-0.05, 0) is 48.6 Å². The number of nitro benzene ring substituents is 1. The number of rotatable bonds is 4. The van der Waals surface area contributed by atoms with E-state index in [2.05, 4.69) is 29.6 Å². The minimum Gasteiger partial charge on any atom is -0.494 e. The van der Waals surface area contributed by atoms with Gasteiger partial charge in [0.1, 0.15) is 5.75 Å². The van der Waals surface area contributed by atoms with Crippen molar-refractivity contribution in [3.63, 3.8) is 0 Å². The Morgan fingerprint density at radius 2 is 2.04 bits per heavy atom. The first-order valence-electron chi connectivity index (χ1n) is 8.61. The van der Waals surface area contributed by atoms with Gasteiger partial charge in [0, 0.05) is 23.7 Å². The van der Waals surface area contributed by atoms with Crippen molar-refractivity contribution < 1.29 is 9.66 Å². The maximum absolute atomic E-state index is 10.9. The third kappa shape index (κ3) is 2.76. The molecule has 0 fully saturated rings. The highest BCUT2D eigenvalue weighted by atomic mass is 16.6. The van der Waals surface area contributed by atoms with Gasteiger partial charge in [0.15, 0.2) is 0 Å². The highest BCUT2D eigenvalue weighted by molar-refractivity contribution is 5.61. The van der Waals surface area contributed by atoms with E-state index in [1.54, 1.807) is 12.1 Å². The minimum absolute atomic E-state index is 0.127. The molecule has 5 heteroatoms. The van der Waals surface area contributed by atoms with Gasteiger partial charge < -0.3 is 10.1 Å². The highest BCUT2D eigenvalue weighted by Crippen LogP contribution is 2.50.